The second kappa shape index (κ2) is 13.1. The van der Waals surface area contributed by atoms with Crippen LogP contribution in [0.25, 0.3) is 11.0 Å². The van der Waals surface area contributed by atoms with Crippen molar-refractivity contribution in [2.24, 2.45) is 5.92 Å². The molecule has 3 fully saturated rings. The number of carboxylic acid groups (broad SMARTS) is 1. The van der Waals surface area contributed by atoms with E-state index in [0.717, 1.165) is 6.42 Å². The molecule has 49 heavy (non-hydrogen) atoms. The van der Waals surface area contributed by atoms with Crippen molar-refractivity contribution in [3.8, 4) is 5.88 Å². The maximum absolute atomic E-state index is 14.2. The molecule has 1 aromatic heterocycles. The lowest BCUT2D eigenvalue weighted by atomic mass is 10.1. The molecule has 4 aliphatic rings. The average molecular weight is 766 g/mol. The van der Waals surface area contributed by atoms with Gasteiger partial charge < -0.3 is 25.4 Å². The number of ether oxygens (including phenoxy) is 1. The van der Waals surface area contributed by atoms with Gasteiger partial charge in [0.05, 0.1) is 16.8 Å². The number of carbonyl (C=O) groups is 4. The number of allylic oxidation sites excluding steroid dienone is 1. The molecule has 0 radical (unpaired) electrons. The summed E-state index contributed by atoms with van der Waals surface area (Å²) in [5, 5.41) is 14.6. The molecular weight excluding hydrogens is 727 g/mol. The number of benzene rings is 1. The van der Waals surface area contributed by atoms with Crippen LogP contribution in [0.5, 0.6) is 5.88 Å². The molecule has 5 atom stereocenters. The van der Waals surface area contributed by atoms with Crippen LogP contribution in [0.15, 0.2) is 28.8 Å². The van der Waals surface area contributed by atoms with Gasteiger partial charge in [-0.1, -0.05) is 25.0 Å². The summed E-state index contributed by atoms with van der Waals surface area (Å²) in [6.07, 6.45) is 5.26. The quantitative estimate of drug-likeness (QED) is 0.317. The van der Waals surface area contributed by atoms with E-state index >= 15 is 0 Å². The monoisotopic (exact) mass is 764 g/mol. The third kappa shape index (κ3) is 7.09. The predicted octanol–water partition coefficient (Wildman–Crippen LogP) is 3.22. The fourth-order valence-electron chi connectivity index (χ4n) is 6.52. The molecule has 2 aromatic rings. The number of hydrogen-bond donors (Lipinski definition) is 4. The summed E-state index contributed by atoms with van der Waals surface area (Å²) in [5.41, 5.74) is -0.553. The molecule has 6 rings (SSSR count). The Bertz CT molecular complexity index is 1860. The molecule has 4 amide bonds. The maximum Gasteiger partial charge on any atom is 0.405 e. The zero-order valence-electron chi connectivity index (χ0n) is 27.0. The highest BCUT2D eigenvalue weighted by molar-refractivity contribution is 9.10. The lowest BCUT2D eigenvalue weighted by molar-refractivity contribution is -0.141. The number of hydrogen-bond acceptors (Lipinski definition) is 9. The van der Waals surface area contributed by atoms with Crippen LogP contribution in [-0.4, -0.2) is 87.2 Å². The number of fused-ring (bicyclic) bond motifs is 3. The number of aromatic nitrogens is 2. The molecular formula is C32H38BrFN6O8S. The fourth-order valence-corrected chi connectivity index (χ4v) is 8.34. The Labute approximate surface area is 290 Å². The summed E-state index contributed by atoms with van der Waals surface area (Å²) in [5.74, 6) is -3.14. The largest absolute Gasteiger partial charge is 0.471 e. The van der Waals surface area contributed by atoms with E-state index in [1.165, 1.54) is 17.0 Å². The van der Waals surface area contributed by atoms with E-state index in [1.807, 2.05) is 12.2 Å². The molecule has 2 aliphatic carbocycles. The third-order valence-corrected chi connectivity index (χ3v) is 12.6. The molecule has 0 spiro atoms. The van der Waals surface area contributed by atoms with Gasteiger partial charge in [0.15, 0.2) is 0 Å². The summed E-state index contributed by atoms with van der Waals surface area (Å²) in [6, 6.07) is 0.116. The Morgan fingerprint density at radius 3 is 2.65 bits per heavy atom. The zero-order chi connectivity index (χ0) is 35.3. The number of nitrogens with one attached hydrogen (secondary N) is 3. The van der Waals surface area contributed by atoms with E-state index in [0.29, 0.717) is 47.8 Å². The lowest BCUT2D eigenvalue weighted by Crippen LogP contribution is -2.58. The van der Waals surface area contributed by atoms with Crippen LogP contribution in [0.3, 0.4) is 0 Å². The Hall–Kier alpha value is -3.86. The highest BCUT2D eigenvalue weighted by atomic mass is 79.9. The second-order valence-electron chi connectivity index (χ2n) is 13.6. The number of sulfonamides is 1. The fraction of sp³-hybridized carbons (Fsp3) is 0.562. The van der Waals surface area contributed by atoms with E-state index in [9.17, 15) is 37.1 Å². The van der Waals surface area contributed by atoms with Gasteiger partial charge in [0.1, 0.15) is 40.8 Å². The highest BCUT2D eigenvalue weighted by Gasteiger charge is 2.63. The molecule has 2 aliphatic heterocycles. The minimum absolute atomic E-state index is 0.0576. The molecule has 0 unspecified atom stereocenters. The molecule has 2 saturated carbocycles. The van der Waals surface area contributed by atoms with Gasteiger partial charge in [0.25, 0.3) is 5.91 Å². The van der Waals surface area contributed by atoms with E-state index in [2.05, 4.69) is 41.3 Å². The van der Waals surface area contributed by atoms with Crippen molar-refractivity contribution >= 4 is 60.8 Å². The highest BCUT2D eigenvalue weighted by Crippen LogP contribution is 2.47. The standard InChI is InChI=1S/C32H38BrFN6O8S/c1-17-27(36-23-13-19(34)12-21(33)25(23)35-17)48-20-14-24-26(41)38-32(29(43)39-49(46,47)31(2)10-11-31)15-18(32)8-6-4-3-5-7-9-22(37-30(44)45)28(42)40(24)16-20/h6,8,12-13,18,20,22,24,37H,3-5,7,9-11,14-16H2,1-2H3,(H,38,41)(H,39,43)(H,44,45)/b8-6-/t18-,20-,22+,24+,32-/m1/s1. The molecule has 1 aromatic carbocycles. The van der Waals surface area contributed by atoms with Crippen molar-refractivity contribution in [3.05, 3.63) is 40.3 Å². The van der Waals surface area contributed by atoms with E-state index in [-0.39, 0.29) is 37.2 Å². The van der Waals surface area contributed by atoms with E-state index in [4.69, 9.17) is 4.74 Å². The molecule has 264 valence electrons. The topological polar surface area (TPSA) is 197 Å². The Kier molecular flexibility index (Phi) is 9.36. The predicted molar refractivity (Wildman–Crippen MR) is 177 cm³/mol. The Morgan fingerprint density at radius 2 is 1.94 bits per heavy atom. The summed E-state index contributed by atoms with van der Waals surface area (Å²) in [4.78, 5) is 63.6. The number of amides is 4. The van der Waals surface area contributed by atoms with Gasteiger partial charge in [-0.3, -0.25) is 19.1 Å². The van der Waals surface area contributed by atoms with Gasteiger partial charge in [-0.25, -0.2) is 27.6 Å². The van der Waals surface area contributed by atoms with Crippen LogP contribution in [0.1, 0.15) is 70.4 Å². The minimum Gasteiger partial charge on any atom is -0.471 e. The van der Waals surface area contributed by atoms with Crippen LogP contribution in [0.4, 0.5) is 9.18 Å². The first kappa shape index (κ1) is 35.0. The van der Waals surface area contributed by atoms with Crippen LogP contribution in [0, 0.1) is 18.7 Å². The molecule has 4 N–H and O–H groups in total. The van der Waals surface area contributed by atoms with Crippen molar-refractivity contribution < 1.29 is 41.8 Å². The second-order valence-corrected chi connectivity index (χ2v) is 16.6. The third-order valence-electron chi connectivity index (χ3n) is 9.87. The number of carbonyl (C=O) groups excluding carboxylic acids is 3. The molecule has 3 heterocycles. The van der Waals surface area contributed by atoms with E-state index in [1.54, 1.807) is 13.8 Å². The van der Waals surface area contributed by atoms with Crippen molar-refractivity contribution in [2.45, 2.75) is 100 Å². The SMILES string of the molecule is Cc1nc2c(Br)cc(F)cc2nc1O[C@@H]1C[C@H]2C(=O)N[C@]3(C(=O)NS(=O)(=O)C4(C)CC4)C[C@H]3/C=C\CCCCC[C@H](NC(=O)O)C(=O)N2C1. The molecule has 1 saturated heterocycles. The Morgan fingerprint density at radius 1 is 1.18 bits per heavy atom. The first-order chi connectivity index (χ1) is 23.1. The van der Waals surface area contributed by atoms with Gasteiger partial charge in [0, 0.05) is 22.9 Å². The lowest BCUT2D eigenvalue weighted by Gasteiger charge is -2.29. The van der Waals surface area contributed by atoms with Gasteiger partial charge in [-0.05, 0) is 74.4 Å². The molecule has 0 bridgehead atoms. The summed E-state index contributed by atoms with van der Waals surface area (Å²) < 4.78 is 47.9. The minimum atomic E-state index is -4.01. The zero-order valence-corrected chi connectivity index (χ0v) is 29.4. The number of rotatable bonds is 6. The first-order valence-corrected chi connectivity index (χ1v) is 18.6. The van der Waals surface area contributed by atoms with Crippen LogP contribution < -0.4 is 20.1 Å². The van der Waals surface area contributed by atoms with Crippen molar-refractivity contribution in [1.82, 2.24) is 30.2 Å². The van der Waals surface area contributed by atoms with Crippen LogP contribution in [0.2, 0.25) is 0 Å². The smallest absolute Gasteiger partial charge is 0.405 e. The van der Waals surface area contributed by atoms with E-state index < -0.39 is 74.0 Å². The van der Waals surface area contributed by atoms with Gasteiger partial charge >= 0.3 is 6.09 Å². The summed E-state index contributed by atoms with van der Waals surface area (Å²) >= 11 is 3.29. The molecule has 14 nitrogen and oxygen atoms in total. The van der Waals surface area contributed by atoms with Crippen molar-refractivity contribution in [2.75, 3.05) is 6.54 Å². The van der Waals surface area contributed by atoms with Crippen LogP contribution >= 0.6 is 15.9 Å². The maximum atomic E-state index is 14.2. The summed E-state index contributed by atoms with van der Waals surface area (Å²) in [7, 11) is -4.01. The average Bonchev–Trinajstić information content (AvgIpc) is 3.90. The molecule has 17 heteroatoms. The van der Waals surface area contributed by atoms with Gasteiger partial charge in [-0.15, -0.1) is 0 Å². The Balaban J connectivity index is 1.31. The first-order valence-electron chi connectivity index (χ1n) is 16.3. The van der Waals surface area contributed by atoms with Crippen molar-refractivity contribution in [3.63, 3.8) is 0 Å². The number of halogens is 2. The van der Waals surface area contributed by atoms with Crippen LogP contribution in [-0.2, 0) is 24.4 Å². The van der Waals surface area contributed by atoms with Crippen molar-refractivity contribution in [1.29, 1.82) is 0 Å². The summed E-state index contributed by atoms with van der Waals surface area (Å²) in [6.45, 7) is 3.08. The van der Waals surface area contributed by atoms with Gasteiger partial charge in [-0.2, -0.15) is 0 Å². The number of nitrogens with zero attached hydrogens (tertiary/aromatic N) is 3. The number of aryl methyl sites for hydroxylation is 1. The normalized spacial score (nSPS) is 29.0. The van der Waals surface area contributed by atoms with Gasteiger partial charge in [0.2, 0.25) is 27.7 Å².